The van der Waals surface area contributed by atoms with E-state index in [-0.39, 0.29) is 24.3 Å². The molecule has 9 heteroatoms. The standard InChI is InChI=1S/C37H53N3O6/c1-11-23(2)30(39-35(44)46-37(8,9)10)33(42)40(27-20-21-27)31(28-19-15-16-24(3)25(28)4)32(41)38-29(34(43)45-36(5,6)7)22-26-17-13-12-14-18-26/h12-19,23,27,29-31H,11,20-22H2,1-10H3,(H,38,41)(H,39,44). The van der Waals surface area contributed by atoms with E-state index in [1.807, 2.05) is 76.2 Å². The average Bonchev–Trinajstić information content (AvgIpc) is 3.79. The number of carbonyl (C=O) groups is 4. The van der Waals surface area contributed by atoms with Crippen molar-refractivity contribution in [1.82, 2.24) is 15.5 Å². The molecule has 4 atom stereocenters. The lowest BCUT2D eigenvalue weighted by Gasteiger charge is -2.37. The van der Waals surface area contributed by atoms with Crippen molar-refractivity contribution in [3.05, 3.63) is 70.8 Å². The van der Waals surface area contributed by atoms with Gasteiger partial charge in [0.25, 0.3) is 0 Å². The number of hydrogen-bond donors (Lipinski definition) is 2. The number of alkyl carbamates (subject to hydrolysis) is 1. The van der Waals surface area contributed by atoms with Gasteiger partial charge in [0.1, 0.15) is 29.3 Å². The Morgan fingerprint density at radius 3 is 2.02 bits per heavy atom. The minimum absolute atomic E-state index is 0.204. The Morgan fingerprint density at radius 2 is 1.48 bits per heavy atom. The van der Waals surface area contributed by atoms with Crippen LogP contribution in [0.4, 0.5) is 4.79 Å². The van der Waals surface area contributed by atoms with Crippen molar-refractivity contribution in [2.45, 2.75) is 130 Å². The van der Waals surface area contributed by atoms with Crippen LogP contribution in [0.2, 0.25) is 0 Å². The second kappa shape index (κ2) is 15.1. The van der Waals surface area contributed by atoms with Gasteiger partial charge in [-0.05, 0) is 96.4 Å². The van der Waals surface area contributed by atoms with Crippen molar-refractivity contribution < 1.29 is 28.7 Å². The largest absolute Gasteiger partial charge is 0.458 e. The maximum Gasteiger partial charge on any atom is 0.408 e. The highest BCUT2D eigenvalue weighted by atomic mass is 16.6. The fraction of sp³-hybridized carbons (Fsp3) is 0.568. The fourth-order valence-corrected chi connectivity index (χ4v) is 5.30. The number of hydrogen-bond acceptors (Lipinski definition) is 6. The summed E-state index contributed by atoms with van der Waals surface area (Å²) in [4.78, 5) is 57.3. The normalized spacial score (nSPS) is 16.0. The maximum absolute atomic E-state index is 14.6. The first-order valence-electron chi connectivity index (χ1n) is 16.4. The summed E-state index contributed by atoms with van der Waals surface area (Å²) in [6.07, 6.45) is 1.58. The first kappa shape index (κ1) is 36.6. The van der Waals surface area contributed by atoms with Crippen LogP contribution in [0.25, 0.3) is 0 Å². The zero-order chi connectivity index (χ0) is 34.4. The minimum Gasteiger partial charge on any atom is -0.458 e. The number of nitrogens with one attached hydrogen (secondary N) is 2. The Kier molecular flexibility index (Phi) is 12.0. The monoisotopic (exact) mass is 635 g/mol. The van der Waals surface area contributed by atoms with E-state index in [1.165, 1.54) is 0 Å². The molecule has 0 aliphatic heterocycles. The molecule has 4 unspecified atom stereocenters. The Morgan fingerprint density at radius 1 is 0.870 bits per heavy atom. The average molecular weight is 636 g/mol. The van der Waals surface area contributed by atoms with Crippen LogP contribution in [0.5, 0.6) is 0 Å². The third-order valence-corrected chi connectivity index (χ3v) is 8.10. The van der Waals surface area contributed by atoms with E-state index >= 15 is 0 Å². The quantitative estimate of drug-likeness (QED) is 0.263. The van der Waals surface area contributed by atoms with Crippen molar-refractivity contribution >= 4 is 23.9 Å². The molecule has 0 bridgehead atoms. The summed E-state index contributed by atoms with van der Waals surface area (Å²) < 4.78 is 11.3. The number of carbonyl (C=O) groups excluding carboxylic acids is 4. The zero-order valence-electron chi connectivity index (χ0n) is 29.2. The fourth-order valence-electron chi connectivity index (χ4n) is 5.30. The van der Waals surface area contributed by atoms with Crippen LogP contribution in [0.1, 0.15) is 103 Å². The molecular formula is C37H53N3O6. The maximum atomic E-state index is 14.6. The SMILES string of the molecule is CCC(C)C(NC(=O)OC(C)(C)C)C(=O)N(C1CC1)C(C(=O)NC(Cc1ccccc1)C(=O)OC(C)(C)C)c1cccc(C)c1C. The smallest absolute Gasteiger partial charge is 0.408 e. The van der Waals surface area contributed by atoms with Crippen LogP contribution in [-0.4, -0.2) is 58.1 Å². The molecular weight excluding hydrogens is 582 g/mol. The van der Waals surface area contributed by atoms with Gasteiger partial charge in [-0.25, -0.2) is 9.59 Å². The number of rotatable bonds is 12. The molecule has 252 valence electrons. The van der Waals surface area contributed by atoms with E-state index in [0.717, 1.165) is 29.5 Å². The van der Waals surface area contributed by atoms with Gasteiger partial charge < -0.3 is 25.0 Å². The second-order valence-electron chi connectivity index (χ2n) is 14.5. The van der Waals surface area contributed by atoms with Crippen LogP contribution < -0.4 is 10.6 Å². The topological polar surface area (TPSA) is 114 Å². The Bertz CT molecular complexity index is 1370. The van der Waals surface area contributed by atoms with Gasteiger partial charge in [-0.15, -0.1) is 0 Å². The summed E-state index contributed by atoms with van der Waals surface area (Å²) in [5.41, 5.74) is 1.85. The van der Waals surface area contributed by atoms with E-state index in [4.69, 9.17) is 9.47 Å². The summed E-state index contributed by atoms with van der Waals surface area (Å²) in [5.74, 6) is -1.64. The molecule has 2 N–H and O–H groups in total. The van der Waals surface area contributed by atoms with E-state index in [1.54, 1.807) is 46.4 Å². The molecule has 0 aromatic heterocycles. The number of esters is 1. The molecule has 0 saturated heterocycles. The van der Waals surface area contributed by atoms with Crippen LogP contribution >= 0.6 is 0 Å². The Labute approximate surface area is 274 Å². The second-order valence-corrected chi connectivity index (χ2v) is 14.5. The van der Waals surface area contributed by atoms with E-state index in [9.17, 15) is 19.2 Å². The van der Waals surface area contributed by atoms with Crippen LogP contribution in [-0.2, 0) is 30.3 Å². The first-order chi connectivity index (χ1) is 21.4. The number of amides is 3. The molecule has 0 radical (unpaired) electrons. The van der Waals surface area contributed by atoms with Gasteiger partial charge in [-0.2, -0.15) is 0 Å². The predicted molar refractivity (Wildman–Crippen MR) is 179 cm³/mol. The van der Waals surface area contributed by atoms with Crippen molar-refractivity contribution in [3.63, 3.8) is 0 Å². The van der Waals surface area contributed by atoms with Crippen LogP contribution in [0.15, 0.2) is 48.5 Å². The minimum atomic E-state index is -1.05. The van der Waals surface area contributed by atoms with Crippen LogP contribution in [0, 0.1) is 19.8 Å². The molecule has 1 aliphatic carbocycles. The number of benzene rings is 2. The summed E-state index contributed by atoms with van der Waals surface area (Å²) in [6, 6.07) is 11.9. The third-order valence-electron chi connectivity index (χ3n) is 8.10. The number of nitrogens with zero attached hydrogens (tertiary/aromatic N) is 1. The molecule has 2 aromatic rings. The predicted octanol–water partition coefficient (Wildman–Crippen LogP) is 6.34. The van der Waals surface area contributed by atoms with Gasteiger partial charge in [-0.1, -0.05) is 68.8 Å². The summed E-state index contributed by atoms with van der Waals surface area (Å²) in [6.45, 7) is 18.4. The number of ether oxygens (including phenoxy) is 2. The molecule has 0 heterocycles. The van der Waals surface area contributed by atoms with Crippen molar-refractivity contribution in [2.24, 2.45) is 5.92 Å². The van der Waals surface area contributed by atoms with E-state index in [2.05, 4.69) is 10.6 Å². The molecule has 0 spiro atoms. The van der Waals surface area contributed by atoms with Crippen molar-refractivity contribution in [1.29, 1.82) is 0 Å². The summed E-state index contributed by atoms with van der Waals surface area (Å²) in [7, 11) is 0. The molecule has 3 rings (SSSR count). The number of aryl methyl sites for hydroxylation is 1. The summed E-state index contributed by atoms with van der Waals surface area (Å²) >= 11 is 0. The zero-order valence-corrected chi connectivity index (χ0v) is 29.2. The van der Waals surface area contributed by atoms with Gasteiger partial charge in [0.2, 0.25) is 11.8 Å². The molecule has 46 heavy (non-hydrogen) atoms. The van der Waals surface area contributed by atoms with Gasteiger partial charge >= 0.3 is 12.1 Å². The molecule has 1 aliphatic rings. The van der Waals surface area contributed by atoms with Gasteiger partial charge in [0.05, 0.1) is 0 Å². The van der Waals surface area contributed by atoms with E-state index < -0.39 is 47.3 Å². The molecule has 3 amide bonds. The van der Waals surface area contributed by atoms with Crippen LogP contribution in [0.3, 0.4) is 0 Å². The van der Waals surface area contributed by atoms with Gasteiger partial charge in [-0.3, -0.25) is 9.59 Å². The highest BCUT2D eigenvalue weighted by Gasteiger charge is 2.46. The lowest BCUT2D eigenvalue weighted by molar-refractivity contribution is -0.159. The molecule has 1 saturated carbocycles. The molecule has 2 aromatic carbocycles. The highest BCUT2D eigenvalue weighted by Crippen LogP contribution is 2.38. The molecule has 9 nitrogen and oxygen atoms in total. The van der Waals surface area contributed by atoms with E-state index in [0.29, 0.717) is 12.0 Å². The van der Waals surface area contributed by atoms with Gasteiger partial charge in [0, 0.05) is 12.5 Å². The lowest BCUT2D eigenvalue weighted by atomic mass is 9.92. The summed E-state index contributed by atoms with van der Waals surface area (Å²) in [5, 5.41) is 5.80. The molecule has 1 fully saturated rings. The van der Waals surface area contributed by atoms with Crippen molar-refractivity contribution in [2.75, 3.05) is 0 Å². The Balaban J connectivity index is 2.09. The van der Waals surface area contributed by atoms with Crippen molar-refractivity contribution in [3.8, 4) is 0 Å². The Hall–Kier alpha value is -3.88. The van der Waals surface area contributed by atoms with Gasteiger partial charge in [0.15, 0.2) is 0 Å². The lowest BCUT2D eigenvalue weighted by Crippen LogP contribution is -2.57. The highest BCUT2D eigenvalue weighted by molar-refractivity contribution is 5.94. The third kappa shape index (κ3) is 10.3. The first-order valence-corrected chi connectivity index (χ1v) is 16.4.